The van der Waals surface area contributed by atoms with E-state index in [2.05, 4.69) is 55.9 Å². The van der Waals surface area contributed by atoms with Crippen LogP contribution in [0.25, 0.3) is 21.8 Å². The molecule has 15 nitrogen and oxygen atoms in total. The maximum absolute atomic E-state index is 15.2. The number of anilines is 5. The van der Waals surface area contributed by atoms with Crippen molar-refractivity contribution in [2.24, 2.45) is 31.3 Å². The van der Waals surface area contributed by atoms with E-state index in [1.54, 1.807) is 19.3 Å². The molecule has 5 aromatic rings. The fraction of sp³-hybridized carbons (Fsp3) is 0.532. The normalized spacial score (nSPS) is 25.4. The first-order valence-electron chi connectivity index (χ1n) is 22.9. The number of alkyl halides is 2. The van der Waals surface area contributed by atoms with E-state index in [-0.39, 0.29) is 46.8 Å². The van der Waals surface area contributed by atoms with Crippen LogP contribution in [0, 0.1) is 17.3 Å². The topological polar surface area (TPSA) is 161 Å². The average molecular weight is 911 g/mol. The van der Waals surface area contributed by atoms with Crippen LogP contribution >= 0.6 is 11.6 Å². The number of hydrogen-bond acceptors (Lipinski definition) is 12. The van der Waals surface area contributed by atoms with Gasteiger partial charge in [0.05, 0.1) is 52.8 Å². The third kappa shape index (κ3) is 7.61. The Morgan fingerprint density at radius 3 is 2.51 bits per heavy atom. The molecule has 342 valence electrons. The highest BCUT2D eigenvalue weighted by atomic mass is 35.5. The number of amides is 2. The highest BCUT2D eigenvalue weighted by Gasteiger charge is 2.52. The number of aryl methyl sites for hydroxylation is 2. The van der Waals surface area contributed by atoms with Crippen LogP contribution in [-0.4, -0.2) is 93.1 Å². The lowest BCUT2D eigenvalue weighted by Crippen LogP contribution is -2.60. The van der Waals surface area contributed by atoms with Crippen LogP contribution in [-0.2, 0) is 28.4 Å². The minimum Gasteiger partial charge on any atom is -0.480 e. The average Bonchev–Trinajstić information content (AvgIpc) is 4.08. The minimum atomic E-state index is -3.13. The van der Waals surface area contributed by atoms with E-state index in [1.165, 1.54) is 4.57 Å². The van der Waals surface area contributed by atoms with Crippen molar-refractivity contribution < 1.29 is 27.8 Å². The van der Waals surface area contributed by atoms with Gasteiger partial charge in [-0.3, -0.25) is 24.4 Å². The van der Waals surface area contributed by atoms with Gasteiger partial charge in [-0.2, -0.15) is 10.1 Å². The number of nitrogens with one attached hydrogen (secondary N) is 3. The number of fused-ring (bicyclic) bond motifs is 4. The quantitative estimate of drug-likeness (QED) is 0.137. The fourth-order valence-corrected chi connectivity index (χ4v) is 11.4. The van der Waals surface area contributed by atoms with E-state index >= 15 is 8.78 Å². The van der Waals surface area contributed by atoms with Crippen molar-refractivity contribution >= 4 is 74.0 Å². The lowest BCUT2D eigenvalue weighted by molar-refractivity contribution is -0.134. The molecule has 2 amide bonds. The molecule has 1 spiro atoms. The number of carbonyl (C=O) groups excluding carboxylic acids is 2. The number of ether oxygens (including phenoxy) is 2. The molecule has 2 aromatic carbocycles. The molecular formula is C47H53ClF2N10O5. The summed E-state index contributed by atoms with van der Waals surface area (Å²) in [6, 6.07) is 10.6. The van der Waals surface area contributed by atoms with Crippen molar-refractivity contribution in [2.45, 2.75) is 94.8 Å². The molecule has 5 fully saturated rings. The molecule has 0 bridgehead atoms. The van der Waals surface area contributed by atoms with Crippen LogP contribution in [0.3, 0.4) is 0 Å². The summed E-state index contributed by atoms with van der Waals surface area (Å²) in [4.78, 5) is 51.7. The van der Waals surface area contributed by atoms with E-state index in [0.29, 0.717) is 65.0 Å². The van der Waals surface area contributed by atoms with Gasteiger partial charge >= 0.3 is 5.92 Å². The monoisotopic (exact) mass is 910 g/mol. The smallest absolute Gasteiger partial charge is 0.301 e. The summed E-state index contributed by atoms with van der Waals surface area (Å²) in [5.41, 5.74) is 4.00. The first-order valence-corrected chi connectivity index (χ1v) is 23.3. The molecule has 0 radical (unpaired) electrons. The lowest BCUT2D eigenvalue weighted by atomic mass is 9.64. The number of benzene rings is 2. The number of piperidine rings is 2. The Morgan fingerprint density at radius 1 is 0.954 bits per heavy atom. The van der Waals surface area contributed by atoms with Gasteiger partial charge in [-0.15, -0.1) is 0 Å². The van der Waals surface area contributed by atoms with Crippen molar-refractivity contribution in [3.8, 4) is 5.75 Å². The van der Waals surface area contributed by atoms with Crippen LogP contribution in [0.1, 0.15) is 76.3 Å². The number of halogens is 3. The summed E-state index contributed by atoms with van der Waals surface area (Å²) in [7, 11) is 3.51. The van der Waals surface area contributed by atoms with Gasteiger partial charge in [-0.05, 0) is 99.6 Å². The van der Waals surface area contributed by atoms with Gasteiger partial charge in [0.1, 0.15) is 5.02 Å². The van der Waals surface area contributed by atoms with Gasteiger partial charge in [-0.25, -0.2) is 13.8 Å². The number of pyridine rings is 1. The Morgan fingerprint density at radius 2 is 1.75 bits per heavy atom. The standard InChI is InChI=1S/C47H53ClF2N10O5/c1-25-20-46(15-12-36(25)65-29-13-16-59(17-14-29)28-7-8-30-35(19-28)58(3)56-38(30)31-9-11-37(61)53-43(31)62)22-60(23-46)45-51-21-33(48)42(55-45)52-27-6-10-34-32(18-27)39-40(44(63)57(34)2)64-24-47(49,50)41(54-39)26-4-5-26/h6-8,10,18-19,21,25-26,29,31,36,41,54H,4-5,9,11-17,20,22-24H2,1-3H3,(H,51,52,55)(H,53,61,62)/t25-,31?,36+,41+/m1/s1. The van der Waals surface area contributed by atoms with Gasteiger partial charge in [0, 0.05) is 74.3 Å². The Balaban J connectivity index is 0.704. The second-order valence-corrected chi connectivity index (χ2v) is 19.9. The summed E-state index contributed by atoms with van der Waals surface area (Å²) >= 11 is 6.66. The first kappa shape index (κ1) is 42.1. The zero-order valence-electron chi connectivity index (χ0n) is 36.7. The van der Waals surface area contributed by atoms with Gasteiger partial charge < -0.3 is 34.5 Å². The van der Waals surface area contributed by atoms with Gasteiger partial charge in [0.15, 0.2) is 12.4 Å². The number of nitrogens with zero attached hydrogens (tertiary/aromatic N) is 7. The third-order valence-corrected chi connectivity index (χ3v) is 15.2. The van der Waals surface area contributed by atoms with E-state index in [9.17, 15) is 14.4 Å². The van der Waals surface area contributed by atoms with E-state index in [0.717, 1.165) is 80.6 Å². The zero-order chi connectivity index (χ0) is 44.9. The Kier molecular flexibility index (Phi) is 10.2. The molecule has 3 N–H and O–H groups in total. The number of aromatic nitrogens is 5. The SMILES string of the molecule is C[C@@H]1CC2(CC[C@@H]1OC1CCN(c3ccc4c(C5CCC(=O)NC5=O)nn(C)c4c3)CC1)CN(c1ncc(Cl)c(Nc3ccc4c(c3)c3c(c(=O)n4C)OCC(F)(F)[C@H](C4CC4)N3)n1)C2. The maximum atomic E-state index is 15.2. The van der Waals surface area contributed by atoms with Crippen molar-refractivity contribution in [3.63, 3.8) is 0 Å². The fourth-order valence-electron chi connectivity index (χ4n) is 11.2. The second-order valence-electron chi connectivity index (χ2n) is 19.5. The molecule has 4 aliphatic heterocycles. The molecule has 6 aliphatic rings. The first-order chi connectivity index (χ1) is 31.2. The number of imide groups is 1. The van der Waals surface area contributed by atoms with Crippen LogP contribution in [0.5, 0.6) is 5.75 Å². The molecule has 4 atom stereocenters. The van der Waals surface area contributed by atoms with E-state index in [4.69, 9.17) is 31.2 Å². The van der Waals surface area contributed by atoms with Crippen molar-refractivity contribution in [1.29, 1.82) is 0 Å². The zero-order valence-corrected chi connectivity index (χ0v) is 37.5. The molecule has 11 rings (SSSR count). The molecule has 65 heavy (non-hydrogen) atoms. The highest BCUT2D eigenvalue weighted by Crippen LogP contribution is 2.49. The van der Waals surface area contributed by atoms with Crippen molar-refractivity contribution in [1.82, 2.24) is 29.6 Å². The number of rotatable bonds is 8. The molecular weight excluding hydrogens is 858 g/mol. The summed E-state index contributed by atoms with van der Waals surface area (Å²) in [5, 5.41) is 15.4. The Labute approximate surface area is 379 Å². The predicted octanol–water partition coefficient (Wildman–Crippen LogP) is 7.03. The minimum absolute atomic E-state index is 0.105. The van der Waals surface area contributed by atoms with Crippen LogP contribution in [0.4, 0.5) is 37.6 Å². The maximum Gasteiger partial charge on any atom is 0.301 e. The molecule has 1 unspecified atom stereocenters. The summed E-state index contributed by atoms with van der Waals surface area (Å²) in [6.45, 7) is 4.93. The van der Waals surface area contributed by atoms with Crippen LogP contribution in [0.2, 0.25) is 5.02 Å². The highest BCUT2D eigenvalue weighted by molar-refractivity contribution is 6.33. The predicted molar refractivity (Wildman–Crippen MR) is 244 cm³/mol. The molecule has 3 saturated heterocycles. The van der Waals surface area contributed by atoms with Gasteiger partial charge in [0.2, 0.25) is 23.5 Å². The Bertz CT molecular complexity index is 2800. The van der Waals surface area contributed by atoms with Crippen LogP contribution in [0.15, 0.2) is 47.4 Å². The van der Waals surface area contributed by atoms with Gasteiger partial charge in [-0.1, -0.05) is 18.5 Å². The second kappa shape index (κ2) is 15.8. The van der Waals surface area contributed by atoms with Crippen LogP contribution < -0.4 is 36.0 Å². The molecule has 3 aromatic heterocycles. The van der Waals surface area contributed by atoms with Gasteiger partial charge in [0.25, 0.3) is 5.56 Å². The molecule has 18 heteroatoms. The van der Waals surface area contributed by atoms with E-state index in [1.807, 2.05) is 23.9 Å². The van der Waals surface area contributed by atoms with Crippen molar-refractivity contribution in [3.05, 3.63) is 63.7 Å². The third-order valence-electron chi connectivity index (χ3n) is 14.9. The summed E-state index contributed by atoms with van der Waals surface area (Å²) in [5.74, 6) is -2.93. The number of hydrogen-bond donors (Lipinski definition) is 3. The summed E-state index contributed by atoms with van der Waals surface area (Å²) < 4.78 is 46.0. The molecule has 2 aliphatic carbocycles. The summed E-state index contributed by atoms with van der Waals surface area (Å²) in [6.07, 6.45) is 9.24. The largest absolute Gasteiger partial charge is 0.480 e. The lowest BCUT2D eigenvalue weighted by Gasteiger charge is -2.55. The Hall–Kier alpha value is -5.55. The van der Waals surface area contributed by atoms with E-state index < -0.39 is 30.0 Å². The molecule has 2 saturated carbocycles. The number of carbonyl (C=O) groups is 2. The molecule has 7 heterocycles. The van der Waals surface area contributed by atoms with Crippen molar-refractivity contribution in [2.75, 3.05) is 53.2 Å².